The highest BCUT2D eigenvalue weighted by atomic mass is 32.1. The van der Waals surface area contributed by atoms with E-state index in [2.05, 4.69) is 14.9 Å². The van der Waals surface area contributed by atoms with Gasteiger partial charge in [0.25, 0.3) is 0 Å². The summed E-state index contributed by atoms with van der Waals surface area (Å²) in [4.78, 5) is 22.4. The van der Waals surface area contributed by atoms with Crippen LogP contribution in [0.1, 0.15) is 36.7 Å². The van der Waals surface area contributed by atoms with Gasteiger partial charge in [-0.25, -0.2) is 9.37 Å². The Bertz CT molecular complexity index is 816. The Morgan fingerprint density at radius 2 is 2.15 bits per heavy atom. The smallest absolute Gasteiger partial charge is 0.157 e. The summed E-state index contributed by atoms with van der Waals surface area (Å²) in [7, 11) is 0. The van der Waals surface area contributed by atoms with Gasteiger partial charge in [0, 0.05) is 42.2 Å². The molecule has 0 radical (unpaired) electrons. The number of halogens is 1. The van der Waals surface area contributed by atoms with Crippen LogP contribution >= 0.6 is 12.6 Å². The third-order valence-corrected chi connectivity index (χ3v) is 5.75. The number of hydrogen-bond acceptors (Lipinski definition) is 4. The van der Waals surface area contributed by atoms with Gasteiger partial charge in [-0.2, -0.15) is 12.6 Å². The summed E-state index contributed by atoms with van der Waals surface area (Å²) in [6.45, 7) is 1.31. The van der Waals surface area contributed by atoms with E-state index in [1.165, 1.54) is 6.07 Å². The van der Waals surface area contributed by atoms with E-state index in [4.69, 9.17) is 12.6 Å². The number of nitrogens with one attached hydrogen (secondary N) is 1. The number of benzene rings is 1. The molecule has 26 heavy (non-hydrogen) atoms. The number of piperidine rings is 1. The highest BCUT2D eigenvalue weighted by Gasteiger charge is 2.40. The number of carbonyl (C=O) groups excluding carboxylic acids is 1. The van der Waals surface area contributed by atoms with Gasteiger partial charge in [-0.15, -0.1) is 0 Å². The minimum Gasteiger partial charge on any atom is -0.345 e. The van der Waals surface area contributed by atoms with E-state index in [0.717, 1.165) is 37.2 Å². The number of rotatable bonds is 5. The summed E-state index contributed by atoms with van der Waals surface area (Å²) in [5.74, 6) is 0.684. The van der Waals surface area contributed by atoms with Crippen molar-refractivity contribution in [3.05, 3.63) is 59.4 Å². The molecule has 2 unspecified atom stereocenters. The summed E-state index contributed by atoms with van der Waals surface area (Å²) < 4.78 is 14.5. The quantitative estimate of drug-likeness (QED) is 0.789. The lowest BCUT2D eigenvalue weighted by molar-refractivity contribution is -0.126. The molecule has 1 aromatic heterocycles. The van der Waals surface area contributed by atoms with Gasteiger partial charge in [0.2, 0.25) is 0 Å². The summed E-state index contributed by atoms with van der Waals surface area (Å²) in [6, 6.07) is 6.12. The molecular weight excluding hydrogens is 349 g/mol. The van der Waals surface area contributed by atoms with Crippen LogP contribution in [0.25, 0.3) is 6.08 Å². The standard InChI is InChI=1S/C20H22FN3OS/c21-16-4-2-1-3-15(16)19(20(25)13-5-6-13)24-10-7-17(26)14(12-24)11-18-22-8-9-23-18/h1-4,8-9,11,13,17,19,26H,5-7,10,12H2,(H,22,23)/b14-11+. The lowest BCUT2D eigenvalue weighted by atomic mass is 9.93. The number of hydrogen-bond donors (Lipinski definition) is 2. The first-order chi connectivity index (χ1) is 12.6. The Morgan fingerprint density at radius 1 is 1.35 bits per heavy atom. The average molecular weight is 371 g/mol. The first-order valence-corrected chi connectivity index (χ1v) is 9.55. The minimum atomic E-state index is -0.524. The predicted octanol–water partition coefficient (Wildman–Crippen LogP) is 3.66. The van der Waals surface area contributed by atoms with Crippen molar-refractivity contribution >= 4 is 24.5 Å². The van der Waals surface area contributed by atoms with Crippen LogP contribution in [-0.2, 0) is 4.79 Å². The molecule has 2 heterocycles. The number of H-pyrrole nitrogens is 1. The zero-order valence-electron chi connectivity index (χ0n) is 14.4. The zero-order valence-corrected chi connectivity index (χ0v) is 15.3. The number of aromatic amines is 1. The predicted molar refractivity (Wildman–Crippen MR) is 102 cm³/mol. The van der Waals surface area contributed by atoms with Gasteiger partial charge in [0.1, 0.15) is 11.6 Å². The molecule has 2 atom stereocenters. The topological polar surface area (TPSA) is 49.0 Å². The van der Waals surface area contributed by atoms with Crippen LogP contribution in [-0.4, -0.2) is 39.0 Å². The van der Waals surface area contributed by atoms with Gasteiger partial charge in [0.15, 0.2) is 5.78 Å². The van der Waals surface area contributed by atoms with Crippen molar-refractivity contribution in [2.75, 3.05) is 13.1 Å². The minimum absolute atomic E-state index is 0.0748. The van der Waals surface area contributed by atoms with Crippen LogP contribution in [0.4, 0.5) is 4.39 Å². The molecular formula is C20H22FN3OS. The fourth-order valence-electron chi connectivity index (χ4n) is 3.60. The van der Waals surface area contributed by atoms with Crippen molar-refractivity contribution in [1.82, 2.24) is 14.9 Å². The fraction of sp³-hybridized carbons (Fsp3) is 0.400. The van der Waals surface area contributed by atoms with E-state index in [9.17, 15) is 9.18 Å². The molecule has 4 nitrogen and oxygen atoms in total. The molecule has 1 aromatic carbocycles. The van der Waals surface area contributed by atoms with Crippen LogP contribution in [0.15, 0.2) is 42.2 Å². The largest absolute Gasteiger partial charge is 0.345 e. The van der Waals surface area contributed by atoms with Gasteiger partial charge in [-0.05, 0) is 37.0 Å². The van der Waals surface area contributed by atoms with Crippen molar-refractivity contribution in [2.45, 2.75) is 30.6 Å². The summed E-state index contributed by atoms with van der Waals surface area (Å²) in [5.41, 5.74) is 1.58. The first-order valence-electron chi connectivity index (χ1n) is 9.03. The maximum absolute atomic E-state index is 14.5. The van der Waals surface area contributed by atoms with Crippen molar-refractivity contribution in [3.63, 3.8) is 0 Å². The number of likely N-dealkylation sites (tertiary alicyclic amines) is 1. The lowest BCUT2D eigenvalue weighted by Gasteiger charge is -2.37. The number of ketones is 1. The summed E-state index contributed by atoms with van der Waals surface area (Å²) in [5, 5.41) is 0.119. The molecule has 4 rings (SSSR count). The van der Waals surface area contributed by atoms with E-state index in [1.54, 1.807) is 30.6 Å². The third-order valence-electron chi connectivity index (χ3n) is 5.16. The van der Waals surface area contributed by atoms with Gasteiger partial charge < -0.3 is 4.98 Å². The first kappa shape index (κ1) is 17.5. The van der Waals surface area contributed by atoms with Gasteiger partial charge in [-0.3, -0.25) is 9.69 Å². The Morgan fingerprint density at radius 3 is 2.85 bits per heavy atom. The Hall–Kier alpha value is -1.92. The maximum Gasteiger partial charge on any atom is 0.157 e. The Labute approximate surface area is 157 Å². The molecule has 1 saturated carbocycles. The Balaban J connectivity index is 1.65. The molecule has 1 N–H and O–H groups in total. The number of imidazole rings is 1. The normalized spacial score (nSPS) is 23.9. The molecule has 2 aliphatic rings. The van der Waals surface area contributed by atoms with Crippen LogP contribution in [0.3, 0.4) is 0 Å². The highest BCUT2D eigenvalue weighted by molar-refractivity contribution is 7.81. The highest BCUT2D eigenvalue weighted by Crippen LogP contribution is 2.39. The number of aromatic nitrogens is 2. The second-order valence-electron chi connectivity index (χ2n) is 7.07. The molecule has 0 bridgehead atoms. The molecule has 0 amide bonds. The van der Waals surface area contributed by atoms with Crippen molar-refractivity contribution < 1.29 is 9.18 Å². The van der Waals surface area contributed by atoms with E-state index < -0.39 is 6.04 Å². The SMILES string of the molecule is O=C(C1CC1)C(c1ccccc1F)N1CCC(S)/C(=C/c2ncc[nH]2)C1. The third kappa shape index (κ3) is 3.62. The van der Waals surface area contributed by atoms with Crippen LogP contribution < -0.4 is 0 Å². The monoisotopic (exact) mass is 371 g/mol. The lowest BCUT2D eigenvalue weighted by Crippen LogP contribution is -2.42. The molecule has 136 valence electrons. The van der Waals surface area contributed by atoms with E-state index in [-0.39, 0.29) is 22.8 Å². The van der Waals surface area contributed by atoms with Gasteiger partial charge in [0.05, 0.1) is 6.04 Å². The maximum atomic E-state index is 14.5. The second-order valence-corrected chi connectivity index (χ2v) is 7.69. The number of nitrogens with zero attached hydrogens (tertiary/aromatic N) is 2. The summed E-state index contributed by atoms with van der Waals surface area (Å²) >= 11 is 4.69. The Kier molecular flexibility index (Phi) is 4.96. The van der Waals surface area contributed by atoms with Crippen molar-refractivity contribution in [1.29, 1.82) is 0 Å². The molecule has 2 fully saturated rings. The van der Waals surface area contributed by atoms with Crippen LogP contribution in [0, 0.1) is 11.7 Å². The fourth-order valence-corrected chi connectivity index (χ4v) is 3.88. The second kappa shape index (κ2) is 7.37. The molecule has 1 saturated heterocycles. The van der Waals surface area contributed by atoms with Gasteiger partial charge >= 0.3 is 0 Å². The van der Waals surface area contributed by atoms with Crippen LogP contribution in [0.5, 0.6) is 0 Å². The summed E-state index contributed by atoms with van der Waals surface area (Å²) in [6.07, 6.45) is 8.13. The van der Waals surface area contributed by atoms with Crippen LogP contribution in [0.2, 0.25) is 0 Å². The molecule has 6 heteroatoms. The molecule has 2 aromatic rings. The van der Waals surface area contributed by atoms with E-state index in [0.29, 0.717) is 12.1 Å². The number of carbonyl (C=O) groups is 1. The number of thiol groups is 1. The molecule has 0 spiro atoms. The zero-order chi connectivity index (χ0) is 18.1. The van der Waals surface area contributed by atoms with Crippen molar-refractivity contribution in [3.8, 4) is 0 Å². The van der Waals surface area contributed by atoms with Gasteiger partial charge in [-0.1, -0.05) is 18.2 Å². The van der Waals surface area contributed by atoms with Crippen molar-refractivity contribution in [2.24, 2.45) is 5.92 Å². The number of Topliss-reactive ketones (excluding diaryl/α,β-unsaturated/α-hetero) is 1. The average Bonchev–Trinajstić information content (AvgIpc) is 3.37. The van der Waals surface area contributed by atoms with E-state index in [1.807, 2.05) is 6.08 Å². The van der Waals surface area contributed by atoms with E-state index >= 15 is 0 Å². The molecule has 1 aliphatic carbocycles. The molecule has 1 aliphatic heterocycles.